The molecule has 14 heavy (non-hydrogen) atoms. The number of carbonyl (C=O) groups is 2. The average Bonchev–Trinajstić information content (AvgIpc) is 2.19. The molecule has 2 amide bonds. The molecule has 0 rings (SSSR count). The molecule has 0 saturated heterocycles. The van der Waals surface area contributed by atoms with Crippen LogP contribution in [0.1, 0.15) is 26.7 Å². The summed E-state index contributed by atoms with van der Waals surface area (Å²) in [5.41, 5.74) is 9.07. The van der Waals surface area contributed by atoms with Gasteiger partial charge < -0.3 is 11.5 Å². The Balaban J connectivity index is -0.000000131. The van der Waals surface area contributed by atoms with Crippen LogP contribution in [0.5, 0.6) is 0 Å². The Bertz CT molecular complexity index is 157. The Kier molecular flexibility index (Phi) is 22.8. The van der Waals surface area contributed by atoms with Crippen LogP contribution in [0.25, 0.3) is 0 Å². The molecular formula is C10H20N2O2. The number of hydrogen-bond donors (Lipinski definition) is 2. The van der Waals surface area contributed by atoms with Crippen LogP contribution in [0.15, 0.2) is 25.3 Å². The topological polar surface area (TPSA) is 86.2 Å². The van der Waals surface area contributed by atoms with E-state index < -0.39 is 11.8 Å². The van der Waals surface area contributed by atoms with Gasteiger partial charge in [-0.15, -0.1) is 0 Å². The van der Waals surface area contributed by atoms with Gasteiger partial charge in [-0.25, -0.2) is 0 Å². The van der Waals surface area contributed by atoms with Crippen molar-refractivity contribution in [3.8, 4) is 0 Å². The van der Waals surface area contributed by atoms with Crippen LogP contribution in [-0.4, -0.2) is 11.8 Å². The van der Waals surface area contributed by atoms with E-state index in [1.165, 1.54) is 12.8 Å². The fourth-order valence-electron chi connectivity index (χ4n) is 0. The number of amides is 2. The predicted molar refractivity (Wildman–Crippen MR) is 59.4 cm³/mol. The summed E-state index contributed by atoms with van der Waals surface area (Å²) >= 11 is 0. The Labute approximate surface area is 85.7 Å². The zero-order chi connectivity index (χ0) is 12.0. The number of primary amides is 2. The normalized spacial score (nSPS) is 6.71. The van der Waals surface area contributed by atoms with Gasteiger partial charge in [0.15, 0.2) is 0 Å². The second kappa shape index (κ2) is 17.5. The van der Waals surface area contributed by atoms with Crippen molar-refractivity contribution in [3.05, 3.63) is 25.3 Å². The number of rotatable bonds is 3. The van der Waals surface area contributed by atoms with Crippen LogP contribution in [-0.2, 0) is 9.59 Å². The zero-order valence-electron chi connectivity index (χ0n) is 8.95. The lowest BCUT2D eigenvalue weighted by Gasteiger charge is -1.68. The van der Waals surface area contributed by atoms with Gasteiger partial charge in [-0.3, -0.25) is 9.59 Å². The first-order chi connectivity index (χ1) is 6.45. The summed E-state index contributed by atoms with van der Waals surface area (Å²) in [6.45, 7) is 10.5. The molecule has 0 aliphatic heterocycles. The van der Waals surface area contributed by atoms with Crippen molar-refractivity contribution in [2.45, 2.75) is 26.7 Å². The number of unbranched alkanes of at least 4 members (excludes halogenated alkanes) is 1. The summed E-state index contributed by atoms with van der Waals surface area (Å²) in [5, 5.41) is 0. The van der Waals surface area contributed by atoms with Crippen molar-refractivity contribution >= 4 is 11.8 Å². The number of nitrogens with two attached hydrogens (primary N) is 2. The molecule has 0 spiro atoms. The van der Waals surface area contributed by atoms with Crippen molar-refractivity contribution in [2.24, 2.45) is 11.5 Å². The highest BCUT2D eigenvalue weighted by atomic mass is 16.1. The molecule has 0 bridgehead atoms. The van der Waals surface area contributed by atoms with Crippen LogP contribution >= 0.6 is 0 Å². The second-order valence-corrected chi connectivity index (χ2v) is 2.21. The molecule has 0 unspecified atom stereocenters. The van der Waals surface area contributed by atoms with Gasteiger partial charge in [-0.05, 0) is 12.2 Å². The fraction of sp³-hybridized carbons (Fsp3) is 0.400. The molecule has 82 valence electrons. The maximum atomic E-state index is 9.47. The highest BCUT2D eigenvalue weighted by Crippen LogP contribution is 1.76. The number of hydrogen-bond acceptors (Lipinski definition) is 2. The minimum Gasteiger partial charge on any atom is -0.366 e. The number of carbonyl (C=O) groups excluding carboxylic acids is 2. The SMILES string of the molecule is C=CC(N)=O.C=CC(N)=O.CCCC. The molecular weight excluding hydrogens is 180 g/mol. The molecule has 0 heterocycles. The van der Waals surface area contributed by atoms with Gasteiger partial charge in [0, 0.05) is 0 Å². The molecule has 0 aliphatic carbocycles. The molecule has 0 aromatic carbocycles. The quantitative estimate of drug-likeness (QED) is 0.669. The second-order valence-electron chi connectivity index (χ2n) is 2.21. The van der Waals surface area contributed by atoms with Crippen molar-refractivity contribution in [1.82, 2.24) is 0 Å². The van der Waals surface area contributed by atoms with Crippen LogP contribution in [0.3, 0.4) is 0 Å². The lowest BCUT2D eigenvalue weighted by atomic mass is 10.4. The van der Waals surface area contributed by atoms with Gasteiger partial charge in [0.1, 0.15) is 0 Å². The summed E-state index contributed by atoms with van der Waals surface area (Å²) in [6, 6.07) is 0. The minimum atomic E-state index is -0.481. The highest BCUT2D eigenvalue weighted by Gasteiger charge is 1.70. The third kappa shape index (κ3) is 79.1. The Morgan fingerprint density at radius 1 is 1.00 bits per heavy atom. The largest absolute Gasteiger partial charge is 0.366 e. The van der Waals surface area contributed by atoms with E-state index in [4.69, 9.17) is 0 Å². The average molecular weight is 200 g/mol. The van der Waals surface area contributed by atoms with Crippen molar-refractivity contribution in [1.29, 1.82) is 0 Å². The summed E-state index contributed by atoms with van der Waals surface area (Å²) in [5.74, 6) is -0.963. The van der Waals surface area contributed by atoms with E-state index in [-0.39, 0.29) is 0 Å². The van der Waals surface area contributed by atoms with E-state index >= 15 is 0 Å². The van der Waals surface area contributed by atoms with Crippen LogP contribution in [0, 0.1) is 0 Å². The van der Waals surface area contributed by atoms with Gasteiger partial charge in [0.2, 0.25) is 11.8 Å². The Morgan fingerprint density at radius 3 is 1.14 bits per heavy atom. The summed E-state index contributed by atoms with van der Waals surface area (Å²) in [7, 11) is 0. The highest BCUT2D eigenvalue weighted by molar-refractivity contribution is 5.85. The van der Waals surface area contributed by atoms with E-state index in [2.05, 4.69) is 38.5 Å². The summed E-state index contributed by atoms with van der Waals surface area (Å²) < 4.78 is 0. The van der Waals surface area contributed by atoms with Crippen molar-refractivity contribution in [3.63, 3.8) is 0 Å². The third-order valence-corrected chi connectivity index (χ3v) is 0.902. The first-order valence-corrected chi connectivity index (χ1v) is 4.29. The maximum absolute atomic E-state index is 9.47. The van der Waals surface area contributed by atoms with Crippen LogP contribution in [0.2, 0.25) is 0 Å². The summed E-state index contributed by atoms with van der Waals surface area (Å²) in [4.78, 5) is 18.9. The maximum Gasteiger partial charge on any atom is 0.240 e. The molecule has 0 fully saturated rings. The predicted octanol–water partition coefficient (Wildman–Crippen LogP) is 1.12. The third-order valence-electron chi connectivity index (χ3n) is 0.902. The Hall–Kier alpha value is -1.58. The Morgan fingerprint density at radius 2 is 1.14 bits per heavy atom. The minimum absolute atomic E-state index is 0.481. The fourth-order valence-corrected chi connectivity index (χ4v) is 0. The molecule has 0 atom stereocenters. The lowest BCUT2D eigenvalue weighted by Crippen LogP contribution is -2.04. The molecule has 0 aliphatic rings. The monoisotopic (exact) mass is 200 g/mol. The van der Waals surface area contributed by atoms with Crippen LogP contribution in [0.4, 0.5) is 0 Å². The first kappa shape index (κ1) is 18.3. The van der Waals surface area contributed by atoms with Crippen molar-refractivity contribution in [2.75, 3.05) is 0 Å². The van der Waals surface area contributed by atoms with Gasteiger partial charge >= 0.3 is 0 Å². The van der Waals surface area contributed by atoms with Gasteiger partial charge in [0.05, 0.1) is 0 Å². The molecule has 0 aromatic heterocycles. The van der Waals surface area contributed by atoms with Gasteiger partial charge in [-0.1, -0.05) is 39.8 Å². The van der Waals surface area contributed by atoms with E-state index in [1.807, 2.05) is 0 Å². The molecule has 0 aromatic rings. The zero-order valence-corrected chi connectivity index (χ0v) is 8.95. The standard InChI is InChI=1S/C4H10.2C3H5NO/c1-3-4-2;2*1-2-3(4)5/h3-4H2,1-2H3;2*2H,1H2,(H2,4,5). The van der Waals surface area contributed by atoms with Gasteiger partial charge in [0.25, 0.3) is 0 Å². The summed E-state index contributed by atoms with van der Waals surface area (Å²) in [6.07, 6.45) is 4.75. The van der Waals surface area contributed by atoms with E-state index in [9.17, 15) is 9.59 Å². The van der Waals surface area contributed by atoms with Crippen molar-refractivity contribution < 1.29 is 9.59 Å². The van der Waals surface area contributed by atoms with E-state index in [0.29, 0.717) is 0 Å². The molecule has 0 radical (unpaired) electrons. The van der Waals surface area contributed by atoms with E-state index in [0.717, 1.165) is 12.2 Å². The molecule has 4 heteroatoms. The molecule has 4 nitrogen and oxygen atoms in total. The van der Waals surface area contributed by atoms with Gasteiger partial charge in [-0.2, -0.15) is 0 Å². The molecule has 4 N–H and O–H groups in total. The molecule has 0 saturated carbocycles. The first-order valence-electron chi connectivity index (χ1n) is 4.29. The van der Waals surface area contributed by atoms with E-state index in [1.54, 1.807) is 0 Å². The lowest BCUT2D eigenvalue weighted by molar-refractivity contribution is -0.114. The van der Waals surface area contributed by atoms with Crippen LogP contribution < -0.4 is 11.5 Å². The smallest absolute Gasteiger partial charge is 0.240 e.